The van der Waals surface area contributed by atoms with Crippen LogP contribution in [0.2, 0.25) is 0 Å². The topological polar surface area (TPSA) is 63.0 Å². The van der Waals surface area contributed by atoms with Crippen LogP contribution in [0.5, 0.6) is 0 Å². The van der Waals surface area contributed by atoms with Gasteiger partial charge >= 0.3 is 0 Å². The summed E-state index contributed by atoms with van der Waals surface area (Å²) < 4.78 is 5.40. The Balaban J connectivity index is 2.22. The van der Waals surface area contributed by atoms with E-state index < -0.39 is 0 Å². The smallest absolute Gasteiger partial charge is 0.135 e. The molecule has 1 atom stereocenters. The van der Waals surface area contributed by atoms with Crippen LogP contribution in [0.1, 0.15) is 38.1 Å². The third kappa shape index (κ3) is 3.05. The highest BCUT2D eigenvalue weighted by Crippen LogP contribution is 2.24. The van der Waals surface area contributed by atoms with E-state index in [1.807, 2.05) is 19.1 Å². The molecular formula is C14H20N4O. The molecule has 2 aromatic heterocycles. The molecule has 0 amide bonds. The number of anilines is 2. The molecule has 102 valence electrons. The summed E-state index contributed by atoms with van der Waals surface area (Å²) in [5, 5.41) is 6.64. The number of aromatic nitrogens is 2. The SMILES string of the molecule is CCNc1ncnc(NC(C)c2ccco2)c1CC. The highest BCUT2D eigenvalue weighted by atomic mass is 16.3. The van der Waals surface area contributed by atoms with Crippen molar-refractivity contribution in [3.63, 3.8) is 0 Å². The van der Waals surface area contributed by atoms with Gasteiger partial charge in [0.05, 0.1) is 12.3 Å². The Kier molecular flexibility index (Phi) is 4.39. The molecular weight excluding hydrogens is 240 g/mol. The van der Waals surface area contributed by atoms with Crippen molar-refractivity contribution in [2.24, 2.45) is 0 Å². The largest absolute Gasteiger partial charge is 0.467 e. The Morgan fingerprint density at radius 1 is 1.26 bits per heavy atom. The van der Waals surface area contributed by atoms with Gasteiger partial charge in [0.15, 0.2) is 0 Å². The van der Waals surface area contributed by atoms with Gasteiger partial charge in [0, 0.05) is 12.1 Å². The van der Waals surface area contributed by atoms with Crippen LogP contribution in [-0.4, -0.2) is 16.5 Å². The second-order valence-electron chi connectivity index (χ2n) is 4.31. The minimum Gasteiger partial charge on any atom is -0.467 e. The molecule has 19 heavy (non-hydrogen) atoms. The summed E-state index contributed by atoms with van der Waals surface area (Å²) in [6.45, 7) is 7.05. The first kappa shape index (κ1) is 13.4. The van der Waals surface area contributed by atoms with Crippen molar-refractivity contribution < 1.29 is 4.42 Å². The van der Waals surface area contributed by atoms with Gasteiger partial charge in [0.25, 0.3) is 0 Å². The third-order valence-corrected chi connectivity index (χ3v) is 2.97. The highest BCUT2D eigenvalue weighted by molar-refractivity contribution is 5.57. The minimum absolute atomic E-state index is 0.0738. The van der Waals surface area contributed by atoms with Crippen molar-refractivity contribution in [2.75, 3.05) is 17.2 Å². The van der Waals surface area contributed by atoms with Crippen LogP contribution in [0.3, 0.4) is 0 Å². The van der Waals surface area contributed by atoms with E-state index >= 15 is 0 Å². The summed E-state index contributed by atoms with van der Waals surface area (Å²) >= 11 is 0. The molecule has 5 nitrogen and oxygen atoms in total. The van der Waals surface area contributed by atoms with E-state index in [0.29, 0.717) is 0 Å². The van der Waals surface area contributed by atoms with E-state index in [2.05, 4.69) is 34.4 Å². The second kappa shape index (κ2) is 6.22. The molecule has 0 fully saturated rings. The standard InChI is InChI=1S/C14H20N4O/c1-4-11-13(15-5-2)16-9-17-14(11)18-10(3)12-7-6-8-19-12/h6-10H,4-5H2,1-3H3,(H2,15,16,17,18). The van der Waals surface area contributed by atoms with Crippen molar-refractivity contribution >= 4 is 11.6 Å². The fourth-order valence-electron chi connectivity index (χ4n) is 2.01. The Bertz CT molecular complexity index is 510. The maximum absolute atomic E-state index is 5.40. The molecule has 2 N–H and O–H groups in total. The zero-order valence-corrected chi connectivity index (χ0v) is 11.6. The Hall–Kier alpha value is -2.04. The van der Waals surface area contributed by atoms with Crippen LogP contribution in [0, 0.1) is 0 Å². The van der Waals surface area contributed by atoms with Crippen LogP contribution in [0.25, 0.3) is 0 Å². The number of hydrogen-bond donors (Lipinski definition) is 2. The van der Waals surface area contributed by atoms with E-state index in [9.17, 15) is 0 Å². The lowest BCUT2D eigenvalue weighted by molar-refractivity contribution is 0.490. The zero-order chi connectivity index (χ0) is 13.7. The molecule has 0 radical (unpaired) electrons. The summed E-state index contributed by atoms with van der Waals surface area (Å²) in [5.74, 6) is 2.65. The highest BCUT2D eigenvalue weighted by Gasteiger charge is 2.13. The summed E-state index contributed by atoms with van der Waals surface area (Å²) in [5.41, 5.74) is 1.10. The van der Waals surface area contributed by atoms with Gasteiger partial charge in [0.2, 0.25) is 0 Å². The average Bonchev–Trinajstić information content (AvgIpc) is 2.93. The first-order valence-corrected chi connectivity index (χ1v) is 6.63. The zero-order valence-electron chi connectivity index (χ0n) is 11.6. The van der Waals surface area contributed by atoms with E-state index in [-0.39, 0.29) is 6.04 Å². The molecule has 5 heteroatoms. The molecule has 0 saturated carbocycles. The van der Waals surface area contributed by atoms with E-state index in [1.165, 1.54) is 0 Å². The summed E-state index contributed by atoms with van der Waals surface area (Å²) in [6.07, 6.45) is 4.13. The average molecular weight is 260 g/mol. The van der Waals surface area contributed by atoms with Gasteiger partial charge < -0.3 is 15.1 Å². The lowest BCUT2D eigenvalue weighted by Crippen LogP contribution is -2.12. The Labute approximate surface area is 113 Å². The van der Waals surface area contributed by atoms with Crippen molar-refractivity contribution in [1.29, 1.82) is 0 Å². The molecule has 0 bridgehead atoms. The van der Waals surface area contributed by atoms with E-state index in [1.54, 1.807) is 12.6 Å². The van der Waals surface area contributed by atoms with Gasteiger partial charge in [-0.2, -0.15) is 0 Å². The molecule has 0 saturated heterocycles. The lowest BCUT2D eigenvalue weighted by atomic mass is 10.2. The maximum Gasteiger partial charge on any atom is 0.135 e. The normalized spacial score (nSPS) is 12.2. The first-order valence-electron chi connectivity index (χ1n) is 6.63. The van der Waals surface area contributed by atoms with Crippen molar-refractivity contribution in [2.45, 2.75) is 33.2 Å². The molecule has 1 unspecified atom stereocenters. The predicted octanol–water partition coefficient (Wildman–Crippen LogP) is 3.24. The first-order chi connectivity index (χ1) is 9.26. The van der Waals surface area contributed by atoms with Crippen LogP contribution in [0.15, 0.2) is 29.1 Å². The summed E-state index contributed by atoms with van der Waals surface area (Å²) in [7, 11) is 0. The van der Waals surface area contributed by atoms with Gasteiger partial charge in [0.1, 0.15) is 23.7 Å². The van der Waals surface area contributed by atoms with E-state index in [0.717, 1.165) is 35.9 Å². The minimum atomic E-state index is 0.0738. The molecule has 2 aromatic rings. The van der Waals surface area contributed by atoms with Crippen molar-refractivity contribution in [3.05, 3.63) is 36.0 Å². The lowest BCUT2D eigenvalue weighted by Gasteiger charge is -2.17. The molecule has 2 heterocycles. The summed E-state index contributed by atoms with van der Waals surface area (Å²) in [6, 6.07) is 3.92. The molecule has 0 aliphatic carbocycles. The van der Waals surface area contributed by atoms with Crippen molar-refractivity contribution in [1.82, 2.24) is 9.97 Å². The van der Waals surface area contributed by atoms with Crippen LogP contribution < -0.4 is 10.6 Å². The van der Waals surface area contributed by atoms with E-state index in [4.69, 9.17) is 4.42 Å². The number of nitrogens with one attached hydrogen (secondary N) is 2. The van der Waals surface area contributed by atoms with Gasteiger partial charge in [-0.1, -0.05) is 6.92 Å². The van der Waals surface area contributed by atoms with Gasteiger partial charge in [-0.25, -0.2) is 9.97 Å². The maximum atomic E-state index is 5.40. The van der Waals surface area contributed by atoms with Crippen molar-refractivity contribution in [3.8, 4) is 0 Å². The fraction of sp³-hybridized carbons (Fsp3) is 0.429. The number of hydrogen-bond acceptors (Lipinski definition) is 5. The second-order valence-corrected chi connectivity index (χ2v) is 4.31. The fourth-order valence-corrected chi connectivity index (χ4v) is 2.01. The van der Waals surface area contributed by atoms with Crippen LogP contribution in [-0.2, 0) is 6.42 Å². The van der Waals surface area contributed by atoms with Crippen LogP contribution >= 0.6 is 0 Å². The van der Waals surface area contributed by atoms with Gasteiger partial charge in [-0.15, -0.1) is 0 Å². The number of nitrogens with zero attached hydrogens (tertiary/aromatic N) is 2. The molecule has 2 rings (SSSR count). The Morgan fingerprint density at radius 2 is 2.05 bits per heavy atom. The number of rotatable bonds is 6. The molecule has 0 aromatic carbocycles. The monoisotopic (exact) mass is 260 g/mol. The molecule has 0 spiro atoms. The predicted molar refractivity (Wildman–Crippen MR) is 76.3 cm³/mol. The quantitative estimate of drug-likeness (QED) is 0.834. The van der Waals surface area contributed by atoms with Gasteiger partial charge in [-0.3, -0.25) is 0 Å². The third-order valence-electron chi connectivity index (χ3n) is 2.97. The Morgan fingerprint density at radius 3 is 2.68 bits per heavy atom. The number of furan rings is 1. The molecule has 0 aliphatic heterocycles. The van der Waals surface area contributed by atoms with Crippen LogP contribution in [0.4, 0.5) is 11.6 Å². The van der Waals surface area contributed by atoms with Gasteiger partial charge in [-0.05, 0) is 32.4 Å². The molecule has 0 aliphatic rings. The summed E-state index contributed by atoms with van der Waals surface area (Å²) in [4.78, 5) is 8.62.